The van der Waals surface area contributed by atoms with Crippen molar-refractivity contribution >= 4 is 21.6 Å². The number of pyridine rings is 1. The number of nitrogens with zero attached hydrogens (tertiary/aromatic N) is 1. The molecule has 1 aliphatic rings. The SMILES string of the molecule is NS(=O)(=O)c1ccc(NC(=O)c2ccc(OCC3CC3)nc2)cc1. The normalized spacial score (nSPS) is 14.2. The molecule has 8 heteroatoms. The second-order valence-corrected chi connectivity index (χ2v) is 7.22. The zero-order chi connectivity index (χ0) is 17.2. The van der Waals surface area contributed by atoms with Crippen LogP contribution in [0.3, 0.4) is 0 Å². The van der Waals surface area contributed by atoms with E-state index in [-0.39, 0.29) is 10.8 Å². The number of carbonyl (C=O) groups excluding carboxylic acids is 1. The zero-order valence-corrected chi connectivity index (χ0v) is 13.6. The van der Waals surface area contributed by atoms with Gasteiger partial charge in [0.15, 0.2) is 0 Å². The van der Waals surface area contributed by atoms with Crippen molar-refractivity contribution in [1.82, 2.24) is 4.98 Å². The van der Waals surface area contributed by atoms with E-state index in [1.165, 1.54) is 43.3 Å². The molecule has 0 aliphatic heterocycles. The van der Waals surface area contributed by atoms with Crippen molar-refractivity contribution in [2.24, 2.45) is 11.1 Å². The second kappa shape index (κ2) is 6.58. The van der Waals surface area contributed by atoms with Gasteiger partial charge in [0, 0.05) is 18.0 Å². The summed E-state index contributed by atoms with van der Waals surface area (Å²) in [6, 6.07) is 8.89. The Hall–Kier alpha value is -2.45. The molecule has 0 spiro atoms. The quantitative estimate of drug-likeness (QED) is 0.827. The summed E-state index contributed by atoms with van der Waals surface area (Å²) in [6.07, 6.45) is 3.84. The molecule has 24 heavy (non-hydrogen) atoms. The van der Waals surface area contributed by atoms with Crippen LogP contribution in [0.4, 0.5) is 5.69 Å². The number of primary sulfonamides is 1. The number of aromatic nitrogens is 1. The molecule has 0 unspecified atom stereocenters. The molecule has 0 saturated heterocycles. The molecule has 2 aromatic rings. The first-order chi connectivity index (χ1) is 11.4. The molecule has 0 atom stereocenters. The highest BCUT2D eigenvalue weighted by Crippen LogP contribution is 2.29. The van der Waals surface area contributed by atoms with Crippen molar-refractivity contribution in [3.05, 3.63) is 48.2 Å². The third-order valence-electron chi connectivity index (χ3n) is 3.60. The van der Waals surface area contributed by atoms with Gasteiger partial charge in [0.25, 0.3) is 5.91 Å². The number of amides is 1. The van der Waals surface area contributed by atoms with Crippen LogP contribution in [0.2, 0.25) is 0 Å². The maximum absolute atomic E-state index is 12.1. The summed E-state index contributed by atoms with van der Waals surface area (Å²) in [5, 5.41) is 7.69. The number of rotatable bonds is 6. The van der Waals surface area contributed by atoms with E-state index in [1.54, 1.807) is 12.1 Å². The number of ether oxygens (including phenoxy) is 1. The van der Waals surface area contributed by atoms with Gasteiger partial charge in [-0.25, -0.2) is 18.5 Å². The van der Waals surface area contributed by atoms with E-state index < -0.39 is 10.0 Å². The number of anilines is 1. The van der Waals surface area contributed by atoms with Crippen LogP contribution in [-0.4, -0.2) is 25.9 Å². The van der Waals surface area contributed by atoms with Crippen LogP contribution in [0.25, 0.3) is 0 Å². The molecular formula is C16H17N3O4S. The first-order valence-electron chi connectivity index (χ1n) is 7.45. The van der Waals surface area contributed by atoms with E-state index in [4.69, 9.17) is 9.88 Å². The van der Waals surface area contributed by atoms with Gasteiger partial charge >= 0.3 is 0 Å². The van der Waals surface area contributed by atoms with E-state index >= 15 is 0 Å². The molecule has 1 saturated carbocycles. The van der Waals surface area contributed by atoms with E-state index in [0.29, 0.717) is 29.7 Å². The van der Waals surface area contributed by atoms with Crippen molar-refractivity contribution < 1.29 is 17.9 Å². The van der Waals surface area contributed by atoms with Crippen LogP contribution < -0.4 is 15.2 Å². The second-order valence-electron chi connectivity index (χ2n) is 5.66. The van der Waals surface area contributed by atoms with Crippen LogP contribution >= 0.6 is 0 Å². The van der Waals surface area contributed by atoms with Crippen LogP contribution in [0, 0.1) is 5.92 Å². The van der Waals surface area contributed by atoms with Crippen molar-refractivity contribution in [2.45, 2.75) is 17.7 Å². The van der Waals surface area contributed by atoms with E-state index in [1.807, 2.05) is 0 Å². The van der Waals surface area contributed by atoms with Crippen molar-refractivity contribution in [1.29, 1.82) is 0 Å². The Bertz CT molecular complexity index is 829. The summed E-state index contributed by atoms with van der Waals surface area (Å²) < 4.78 is 27.9. The standard InChI is InChI=1S/C16H17N3O4S/c17-24(21,22)14-6-4-13(5-7-14)19-16(20)12-3-8-15(18-9-12)23-10-11-1-2-11/h3-9,11H,1-2,10H2,(H,19,20)(H2,17,21,22). The monoisotopic (exact) mass is 347 g/mol. The predicted molar refractivity (Wildman–Crippen MR) is 88.2 cm³/mol. The number of carbonyl (C=O) groups is 1. The molecule has 1 aromatic carbocycles. The highest BCUT2D eigenvalue weighted by Gasteiger charge is 2.22. The molecule has 1 fully saturated rings. The highest BCUT2D eigenvalue weighted by molar-refractivity contribution is 7.89. The van der Waals surface area contributed by atoms with E-state index in [9.17, 15) is 13.2 Å². The minimum atomic E-state index is -3.75. The van der Waals surface area contributed by atoms with Gasteiger partial charge in [0.05, 0.1) is 17.1 Å². The molecule has 126 valence electrons. The number of nitrogens with two attached hydrogens (primary N) is 1. The molecule has 3 N–H and O–H groups in total. The summed E-state index contributed by atoms with van der Waals surface area (Å²) in [5.41, 5.74) is 0.839. The lowest BCUT2D eigenvalue weighted by molar-refractivity contribution is 0.102. The summed E-state index contributed by atoms with van der Waals surface area (Å²) in [7, 11) is -3.75. The molecule has 1 heterocycles. The summed E-state index contributed by atoms with van der Waals surface area (Å²) in [4.78, 5) is 16.2. The first-order valence-corrected chi connectivity index (χ1v) is 8.99. The third-order valence-corrected chi connectivity index (χ3v) is 4.53. The van der Waals surface area contributed by atoms with Crippen LogP contribution in [0.1, 0.15) is 23.2 Å². The molecule has 1 amide bonds. The first kappa shape index (κ1) is 16.4. The largest absolute Gasteiger partial charge is 0.477 e. The van der Waals surface area contributed by atoms with Gasteiger partial charge in [-0.05, 0) is 49.1 Å². The summed E-state index contributed by atoms with van der Waals surface area (Å²) in [5.74, 6) is 0.783. The Labute approximate surface area is 139 Å². The lowest BCUT2D eigenvalue weighted by Crippen LogP contribution is -2.14. The average molecular weight is 347 g/mol. The zero-order valence-electron chi connectivity index (χ0n) is 12.8. The fraction of sp³-hybridized carbons (Fsp3) is 0.250. The van der Waals surface area contributed by atoms with Crippen LogP contribution in [0.5, 0.6) is 5.88 Å². The number of sulfonamides is 1. The van der Waals surface area contributed by atoms with Crippen molar-refractivity contribution in [3.63, 3.8) is 0 Å². The predicted octanol–water partition coefficient (Wildman–Crippen LogP) is 1.77. The van der Waals surface area contributed by atoms with Crippen molar-refractivity contribution in [3.8, 4) is 5.88 Å². The molecule has 1 aromatic heterocycles. The number of nitrogens with one attached hydrogen (secondary N) is 1. The van der Waals surface area contributed by atoms with Crippen molar-refractivity contribution in [2.75, 3.05) is 11.9 Å². The number of hydrogen-bond acceptors (Lipinski definition) is 5. The van der Waals surface area contributed by atoms with Gasteiger partial charge in [0.2, 0.25) is 15.9 Å². The fourth-order valence-corrected chi connectivity index (χ4v) is 2.53. The van der Waals surface area contributed by atoms with Gasteiger partial charge in [-0.15, -0.1) is 0 Å². The molecule has 0 radical (unpaired) electrons. The van der Waals surface area contributed by atoms with Gasteiger partial charge in [-0.3, -0.25) is 4.79 Å². The Balaban J connectivity index is 1.61. The fourth-order valence-electron chi connectivity index (χ4n) is 2.02. The van der Waals surface area contributed by atoms with Crippen LogP contribution in [-0.2, 0) is 10.0 Å². The molecular weight excluding hydrogens is 330 g/mol. The van der Waals surface area contributed by atoms with Gasteiger partial charge < -0.3 is 10.1 Å². The third kappa shape index (κ3) is 4.30. The van der Waals surface area contributed by atoms with E-state index in [0.717, 1.165) is 0 Å². The van der Waals surface area contributed by atoms with E-state index in [2.05, 4.69) is 10.3 Å². The topological polar surface area (TPSA) is 111 Å². The maximum Gasteiger partial charge on any atom is 0.257 e. The Morgan fingerprint density at radius 1 is 1.21 bits per heavy atom. The molecule has 7 nitrogen and oxygen atoms in total. The lowest BCUT2D eigenvalue weighted by Gasteiger charge is -2.07. The highest BCUT2D eigenvalue weighted by atomic mass is 32.2. The Kier molecular flexibility index (Phi) is 4.50. The number of hydrogen-bond donors (Lipinski definition) is 2. The van der Waals surface area contributed by atoms with Gasteiger partial charge in [-0.1, -0.05) is 0 Å². The maximum atomic E-state index is 12.1. The Morgan fingerprint density at radius 3 is 2.46 bits per heavy atom. The average Bonchev–Trinajstić information content (AvgIpc) is 3.37. The minimum absolute atomic E-state index is 0.0145. The summed E-state index contributed by atoms with van der Waals surface area (Å²) >= 11 is 0. The Morgan fingerprint density at radius 2 is 1.92 bits per heavy atom. The van der Waals surface area contributed by atoms with Crippen LogP contribution in [0.15, 0.2) is 47.5 Å². The number of benzene rings is 1. The summed E-state index contributed by atoms with van der Waals surface area (Å²) in [6.45, 7) is 0.662. The smallest absolute Gasteiger partial charge is 0.257 e. The van der Waals surface area contributed by atoms with Gasteiger partial charge in [0.1, 0.15) is 0 Å². The molecule has 1 aliphatic carbocycles. The molecule has 0 bridgehead atoms. The van der Waals surface area contributed by atoms with Gasteiger partial charge in [-0.2, -0.15) is 0 Å². The lowest BCUT2D eigenvalue weighted by atomic mass is 10.2. The molecule has 3 rings (SSSR count). The minimum Gasteiger partial charge on any atom is -0.477 e.